The summed E-state index contributed by atoms with van der Waals surface area (Å²) in [5, 5.41) is 4.88. The second kappa shape index (κ2) is 12.1. The summed E-state index contributed by atoms with van der Waals surface area (Å²) in [5.74, 6) is 2.16. The zero-order valence-electron chi connectivity index (χ0n) is 21.9. The predicted octanol–water partition coefficient (Wildman–Crippen LogP) is 6.42. The summed E-state index contributed by atoms with van der Waals surface area (Å²) < 4.78 is 13.2. The molecule has 0 atom stereocenters. The van der Waals surface area contributed by atoms with Gasteiger partial charge >= 0.3 is 6.03 Å². The van der Waals surface area contributed by atoms with Crippen LogP contribution in [0.15, 0.2) is 84.9 Å². The number of amides is 2. The van der Waals surface area contributed by atoms with E-state index in [1.165, 1.54) is 0 Å². The quantitative estimate of drug-likeness (QED) is 0.253. The summed E-state index contributed by atoms with van der Waals surface area (Å²) in [6.45, 7) is 8.24. The van der Waals surface area contributed by atoms with Gasteiger partial charge in [0.15, 0.2) is 5.82 Å². The number of hydrogen-bond donors (Lipinski definition) is 0. The third-order valence-electron chi connectivity index (χ3n) is 6.27. The molecule has 1 heterocycles. The van der Waals surface area contributed by atoms with Crippen LogP contribution in [0.5, 0.6) is 11.5 Å². The molecule has 4 aromatic rings. The lowest BCUT2D eigenvalue weighted by molar-refractivity contribution is 0.210. The molecule has 7 heteroatoms. The zero-order valence-corrected chi connectivity index (χ0v) is 21.9. The average molecular weight is 499 g/mol. The van der Waals surface area contributed by atoms with Gasteiger partial charge in [-0.3, -0.25) is 4.90 Å². The molecule has 4 rings (SSSR count). The van der Waals surface area contributed by atoms with Crippen LogP contribution in [0, 0.1) is 0 Å². The number of aromatic nitrogens is 2. The Kier molecular flexibility index (Phi) is 8.46. The van der Waals surface area contributed by atoms with Crippen molar-refractivity contribution in [3.8, 4) is 28.4 Å². The van der Waals surface area contributed by atoms with Crippen molar-refractivity contribution in [2.45, 2.75) is 27.4 Å². The second-order valence-corrected chi connectivity index (χ2v) is 8.50. The van der Waals surface area contributed by atoms with Gasteiger partial charge in [-0.05, 0) is 74.9 Å². The van der Waals surface area contributed by atoms with E-state index in [0.29, 0.717) is 32.1 Å². The SMILES string of the molecule is CCN(CC)C(=O)N(CC)c1cc(-c2ccc(OCc3ccccc3)cc2)n(-c2ccc(OC)cc2)n1. The molecule has 192 valence electrons. The first-order valence-electron chi connectivity index (χ1n) is 12.7. The number of hydrogen-bond acceptors (Lipinski definition) is 4. The fourth-order valence-electron chi connectivity index (χ4n) is 4.15. The van der Waals surface area contributed by atoms with Gasteiger partial charge in [-0.25, -0.2) is 9.48 Å². The van der Waals surface area contributed by atoms with Crippen LogP contribution in [0.2, 0.25) is 0 Å². The average Bonchev–Trinajstić information content (AvgIpc) is 3.39. The Morgan fingerprint density at radius 1 is 0.838 bits per heavy atom. The molecule has 0 aliphatic heterocycles. The Morgan fingerprint density at radius 3 is 2.08 bits per heavy atom. The smallest absolute Gasteiger partial charge is 0.325 e. The van der Waals surface area contributed by atoms with E-state index in [9.17, 15) is 4.79 Å². The lowest BCUT2D eigenvalue weighted by atomic mass is 10.1. The number of rotatable bonds is 10. The van der Waals surface area contributed by atoms with Crippen LogP contribution in [-0.4, -0.2) is 47.5 Å². The predicted molar refractivity (Wildman–Crippen MR) is 148 cm³/mol. The number of carbonyl (C=O) groups is 1. The zero-order chi connectivity index (χ0) is 26.2. The highest BCUT2D eigenvalue weighted by atomic mass is 16.5. The minimum atomic E-state index is -0.0527. The normalized spacial score (nSPS) is 10.7. The van der Waals surface area contributed by atoms with Crippen molar-refractivity contribution >= 4 is 11.8 Å². The molecular weight excluding hydrogens is 464 g/mol. The number of carbonyl (C=O) groups excluding carboxylic acids is 1. The summed E-state index contributed by atoms with van der Waals surface area (Å²) >= 11 is 0. The van der Waals surface area contributed by atoms with E-state index >= 15 is 0 Å². The minimum absolute atomic E-state index is 0.0527. The third kappa shape index (κ3) is 5.94. The van der Waals surface area contributed by atoms with Crippen LogP contribution in [-0.2, 0) is 6.61 Å². The van der Waals surface area contributed by atoms with Crippen LogP contribution >= 0.6 is 0 Å². The molecule has 0 bridgehead atoms. The number of nitrogens with zero attached hydrogens (tertiary/aromatic N) is 4. The Morgan fingerprint density at radius 2 is 1.49 bits per heavy atom. The topological polar surface area (TPSA) is 59.8 Å². The Balaban J connectivity index is 1.68. The van der Waals surface area contributed by atoms with Crippen molar-refractivity contribution < 1.29 is 14.3 Å². The number of methoxy groups -OCH3 is 1. The summed E-state index contributed by atoms with van der Waals surface area (Å²) in [7, 11) is 1.64. The van der Waals surface area contributed by atoms with Crippen molar-refractivity contribution in [1.82, 2.24) is 14.7 Å². The lowest BCUT2D eigenvalue weighted by Crippen LogP contribution is -2.43. The first-order valence-corrected chi connectivity index (χ1v) is 12.7. The van der Waals surface area contributed by atoms with Crippen LogP contribution in [0.3, 0.4) is 0 Å². The van der Waals surface area contributed by atoms with Gasteiger partial charge in [0.1, 0.15) is 18.1 Å². The molecule has 0 fully saturated rings. The van der Waals surface area contributed by atoms with Gasteiger partial charge in [-0.15, -0.1) is 5.10 Å². The molecule has 1 aromatic heterocycles. The molecule has 0 saturated heterocycles. The molecule has 0 saturated carbocycles. The Bertz CT molecular complexity index is 1280. The first-order chi connectivity index (χ1) is 18.1. The van der Waals surface area contributed by atoms with Crippen molar-refractivity contribution in [3.05, 3.63) is 90.5 Å². The highest BCUT2D eigenvalue weighted by Crippen LogP contribution is 2.30. The maximum atomic E-state index is 13.2. The maximum Gasteiger partial charge on any atom is 0.325 e. The van der Waals surface area contributed by atoms with Gasteiger partial charge in [0.25, 0.3) is 0 Å². The van der Waals surface area contributed by atoms with Gasteiger partial charge in [0.05, 0.1) is 18.5 Å². The number of urea groups is 1. The van der Waals surface area contributed by atoms with Crippen molar-refractivity contribution in [3.63, 3.8) is 0 Å². The standard InChI is InChI=1S/C30H34N4O3/c1-5-32(6-2)30(35)33(7-3)29-21-28(34(31-29)25-15-19-26(36-4)20-16-25)24-13-17-27(18-14-24)37-22-23-11-9-8-10-12-23/h8-21H,5-7,22H2,1-4H3. The largest absolute Gasteiger partial charge is 0.497 e. The van der Waals surface area contributed by atoms with E-state index < -0.39 is 0 Å². The Hall–Kier alpha value is -4.26. The molecule has 0 unspecified atom stereocenters. The van der Waals surface area contributed by atoms with E-state index in [-0.39, 0.29) is 6.03 Å². The molecule has 7 nitrogen and oxygen atoms in total. The number of ether oxygens (including phenoxy) is 2. The minimum Gasteiger partial charge on any atom is -0.497 e. The van der Waals surface area contributed by atoms with Crippen molar-refractivity contribution in [2.24, 2.45) is 0 Å². The number of anilines is 1. The number of benzene rings is 3. The summed E-state index contributed by atoms with van der Waals surface area (Å²) in [4.78, 5) is 16.7. The summed E-state index contributed by atoms with van der Waals surface area (Å²) in [6, 6.07) is 27.7. The first kappa shape index (κ1) is 25.8. The van der Waals surface area contributed by atoms with Crippen LogP contribution < -0.4 is 14.4 Å². The van der Waals surface area contributed by atoms with Gasteiger partial charge in [-0.2, -0.15) is 0 Å². The van der Waals surface area contributed by atoms with Gasteiger partial charge in [0, 0.05) is 31.3 Å². The fourth-order valence-corrected chi connectivity index (χ4v) is 4.15. The summed E-state index contributed by atoms with van der Waals surface area (Å²) in [5.41, 5.74) is 3.83. The molecule has 0 spiro atoms. The fraction of sp³-hybridized carbons (Fsp3) is 0.267. The van der Waals surface area contributed by atoms with Gasteiger partial charge in [0.2, 0.25) is 0 Å². The van der Waals surface area contributed by atoms with Gasteiger partial charge < -0.3 is 14.4 Å². The van der Waals surface area contributed by atoms with E-state index in [4.69, 9.17) is 14.6 Å². The van der Waals surface area contributed by atoms with E-state index in [0.717, 1.165) is 34.0 Å². The van der Waals surface area contributed by atoms with Gasteiger partial charge in [-0.1, -0.05) is 30.3 Å². The van der Waals surface area contributed by atoms with E-state index in [1.54, 1.807) is 16.9 Å². The highest BCUT2D eigenvalue weighted by Gasteiger charge is 2.23. The lowest BCUT2D eigenvalue weighted by Gasteiger charge is -2.26. The Labute approximate surface area is 218 Å². The molecule has 0 radical (unpaired) electrons. The van der Waals surface area contributed by atoms with E-state index in [1.807, 2.05) is 110 Å². The molecule has 3 aromatic carbocycles. The molecule has 2 amide bonds. The van der Waals surface area contributed by atoms with Crippen molar-refractivity contribution in [2.75, 3.05) is 31.6 Å². The maximum absolute atomic E-state index is 13.2. The molecule has 0 aliphatic carbocycles. The monoisotopic (exact) mass is 498 g/mol. The third-order valence-corrected chi connectivity index (χ3v) is 6.27. The molecule has 0 N–H and O–H groups in total. The van der Waals surface area contributed by atoms with E-state index in [2.05, 4.69) is 0 Å². The van der Waals surface area contributed by atoms with Crippen LogP contribution in [0.4, 0.5) is 10.6 Å². The highest BCUT2D eigenvalue weighted by molar-refractivity contribution is 5.91. The van der Waals surface area contributed by atoms with Crippen LogP contribution in [0.25, 0.3) is 16.9 Å². The second-order valence-electron chi connectivity index (χ2n) is 8.50. The van der Waals surface area contributed by atoms with Crippen LogP contribution in [0.1, 0.15) is 26.3 Å². The summed E-state index contributed by atoms with van der Waals surface area (Å²) in [6.07, 6.45) is 0. The van der Waals surface area contributed by atoms with Crippen molar-refractivity contribution in [1.29, 1.82) is 0 Å². The molecular formula is C30H34N4O3. The molecule has 0 aliphatic rings. The molecule has 37 heavy (non-hydrogen) atoms.